The number of amides is 1. The van der Waals surface area contributed by atoms with Gasteiger partial charge in [0, 0.05) is 19.5 Å². The van der Waals surface area contributed by atoms with Crippen LogP contribution < -0.4 is 0 Å². The molecule has 6 heteroatoms. The third kappa shape index (κ3) is 5.05. The summed E-state index contributed by atoms with van der Waals surface area (Å²) in [6.45, 7) is 6.86. The molecule has 118 valence electrons. The molecule has 1 aliphatic rings. The molecular weight excluding hydrogens is 286 g/mol. The van der Waals surface area contributed by atoms with Crippen LogP contribution >= 0.6 is 0 Å². The van der Waals surface area contributed by atoms with E-state index in [2.05, 4.69) is 6.58 Å². The number of benzene rings is 1. The fourth-order valence-corrected chi connectivity index (χ4v) is 2.08. The number of hydrogen-bond acceptors (Lipinski definition) is 3. The first-order chi connectivity index (χ1) is 10.3. The van der Waals surface area contributed by atoms with Crippen LogP contribution in [0, 0.1) is 6.92 Å². The zero-order chi connectivity index (χ0) is 16.7. The summed E-state index contributed by atoms with van der Waals surface area (Å²) in [5.41, 5.74) is 0.618. The van der Waals surface area contributed by atoms with Crippen molar-refractivity contribution in [3.8, 4) is 0 Å². The van der Waals surface area contributed by atoms with Gasteiger partial charge in [-0.15, -0.1) is 6.58 Å². The van der Waals surface area contributed by atoms with Crippen molar-refractivity contribution in [2.45, 2.75) is 19.8 Å². The summed E-state index contributed by atoms with van der Waals surface area (Å²) >= 11 is 0. The maximum atomic E-state index is 10.8. The molecule has 1 heterocycles. The van der Waals surface area contributed by atoms with E-state index in [1.807, 2.05) is 4.90 Å². The third-order valence-electron chi connectivity index (χ3n) is 3.09. The molecule has 1 aromatic carbocycles. The van der Waals surface area contributed by atoms with Crippen LogP contribution in [0.15, 0.2) is 30.9 Å². The molecule has 1 aromatic rings. The summed E-state index contributed by atoms with van der Waals surface area (Å²) in [4.78, 5) is 33.7. The summed E-state index contributed by atoms with van der Waals surface area (Å²) in [6.07, 6.45) is 3.52. The van der Waals surface area contributed by atoms with Crippen molar-refractivity contribution in [1.82, 2.24) is 4.90 Å². The van der Waals surface area contributed by atoms with E-state index in [4.69, 9.17) is 10.2 Å². The Kier molecular flexibility index (Phi) is 6.31. The number of nitrogens with zero attached hydrogens (tertiary/aromatic N) is 1. The summed E-state index contributed by atoms with van der Waals surface area (Å²) in [6, 6.07) is 3.99. The minimum Gasteiger partial charge on any atom is -0.478 e. The number of carbonyl (C=O) groups is 3. The molecule has 1 fully saturated rings. The van der Waals surface area contributed by atoms with Crippen LogP contribution in [0.2, 0.25) is 0 Å². The largest absolute Gasteiger partial charge is 0.478 e. The van der Waals surface area contributed by atoms with Gasteiger partial charge in [0.15, 0.2) is 0 Å². The molecule has 0 aliphatic carbocycles. The monoisotopic (exact) mass is 305 g/mol. The van der Waals surface area contributed by atoms with Gasteiger partial charge >= 0.3 is 11.9 Å². The van der Waals surface area contributed by atoms with Gasteiger partial charge in [0.05, 0.1) is 11.1 Å². The highest BCUT2D eigenvalue weighted by molar-refractivity contribution is 5.94. The van der Waals surface area contributed by atoms with Crippen molar-refractivity contribution in [3.63, 3.8) is 0 Å². The fraction of sp³-hybridized carbons (Fsp3) is 0.312. The standard InChI is InChI=1S/C9H8O4.C7H11NO/c1-5-2-6(8(10)11)4-7(3-5)9(12)13;1-2-5-8-6-3-4-7(8)9/h2-4H,1H3,(H,10,11)(H,12,13);2H,1,3-6H2. The van der Waals surface area contributed by atoms with Gasteiger partial charge < -0.3 is 15.1 Å². The van der Waals surface area contributed by atoms with E-state index in [0.29, 0.717) is 5.56 Å². The Bertz CT molecular complexity index is 562. The molecule has 0 bridgehead atoms. The number of aromatic carboxylic acids is 2. The summed E-state index contributed by atoms with van der Waals surface area (Å²) in [5.74, 6) is -1.97. The average Bonchev–Trinajstić information content (AvgIpc) is 2.85. The minimum absolute atomic E-state index is 0.00241. The van der Waals surface area contributed by atoms with E-state index >= 15 is 0 Å². The van der Waals surface area contributed by atoms with Gasteiger partial charge in [0.1, 0.15) is 0 Å². The van der Waals surface area contributed by atoms with Crippen LogP contribution in [-0.2, 0) is 4.79 Å². The van der Waals surface area contributed by atoms with Gasteiger partial charge in [-0.25, -0.2) is 9.59 Å². The summed E-state index contributed by atoms with van der Waals surface area (Å²) in [7, 11) is 0. The van der Waals surface area contributed by atoms with Crippen LogP contribution in [0.4, 0.5) is 0 Å². The smallest absolute Gasteiger partial charge is 0.335 e. The second-order valence-corrected chi connectivity index (χ2v) is 4.93. The van der Waals surface area contributed by atoms with E-state index in [1.165, 1.54) is 12.1 Å². The number of aryl methyl sites for hydroxylation is 1. The Labute approximate surface area is 128 Å². The Hall–Kier alpha value is -2.63. The molecule has 0 radical (unpaired) electrons. The first kappa shape index (κ1) is 17.4. The molecule has 6 nitrogen and oxygen atoms in total. The SMILES string of the molecule is C=CCN1CCCC1=O.Cc1cc(C(=O)O)cc(C(=O)O)c1. The number of hydrogen-bond donors (Lipinski definition) is 2. The second kappa shape index (κ2) is 7.97. The van der Waals surface area contributed by atoms with Crippen molar-refractivity contribution >= 4 is 17.8 Å². The average molecular weight is 305 g/mol. The van der Waals surface area contributed by atoms with Gasteiger partial charge in [-0.3, -0.25) is 4.79 Å². The molecule has 1 amide bonds. The Morgan fingerprint density at radius 1 is 1.23 bits per heavy atom. The highest BCUT2D eigenvalue weighted by atomic mass is 16.4. The van der Waals surface area contributed by atoms with Crippen LogP contribution in [0.1, 0.15) is 39.1 Å². The molecule has 0 saturated carbocycles. The molecule has 0 atom stereocenters. The fourth-order valence-electron chi connectivity index (χ4n) is 2.08. The highest BCUT2D eigenvalue weighted by Gasteiger charge is 2.17. The van der Waals surface area contributed by atoms with Crippen molar-refractivity contribution < 1.29 is 24.6 Å². The first-order valence-electron chi connectivity index (χ1n) is 6.82. The molecule has 0 spiro atoms. The lowest BCUT2D eigenvalue weighted by atomic mass is 10.1. The lowest BCUT2D eigenvalue weighted by molar-refractivity contribution is -0.127. The highest BCUT2D eigenvalue weighted by Crippen LogP contribution is 2.10. The molecule has 1 saturated heterocycles. The van der Waals surface area contributed by atoms with Crippen molar-refractivity contribution in [2.75, 3.05) is 13.1 Å². The van der Waals surface area contributed by atoms with Crippen LogP contribution in [0.5, 0.6) is 0 Å². The maximum Gasteiger partial charge on any atom is 0.335 e. The lowest BCUT2D eigenvalue weighted by Crippen LogP contribution is -2.24. The van der Waals surface area contributed by atoms with Crippen molar-refractivity contribution in [3.05, 3.63) is 47.5 Å². The van der Waals surface area contributed by atoms with Crippen LogP contribution in [0.3, 0.4) is 0 Å². The van der Waals surface area contributed by atoms with E-state index in [1.54, 1.807) is 13.0 Å². The number of carboxylic acids is 2. The molecule has 2 N–H and O–H groups in total. The van der Waals surface area contributed by atoms with Crippen LogP contribution in [0.25, 0.3) is 0 Å². The third-order valence-corrected chi connectivity index (χ3v) is 3.09. The molecule has 1 aliphatic heterocycles. The molecule has 22 heavy (non-hydrogen) atoms. The predicted molar refractivity (Wildman–Crippen MR) is 81.1 cm³/mol. The normalized spacial score (nSPS) is 13.3. The number of carbonyl (C=O) groups excluding carboxylic acids is 1. The Balaban J connectivity index is 0.000000235. The Morgan fingerprint density at radius 2 is 1.77 bits per heavy atom. The zero-order valence-corrected chi connectivity index (χ0v) is 12.4. The van der Waals surface area contributed by atoms with Gasteiger partial charge in [-0.1, -0.05) is 6.08 Å². The Morgan fingerprint density at radius 3 is 2.14 bits per heavy atom. The number of carboxylic acid groups (broad SMARTS) is 2. The van der Waals surface area contributed by atoms with E-state index in [9.17, 15) is 14.4 Å². The second-order valence-electron chi connectivity index (χ2n) is 4.93. The maximum absolute atomic E-state index is 10.8. The molecule has 0 unspecified atom stereocenters. The van der Waals surface area contributed by atoms with Gasteiger partial charge in [0.2, 0.25) is 5.91 Å². The van der Waals surface area contributed by atoms with E-state index < -0.39 is 11.9 Å². The molecule has 2 rings (SSSR count). The summed E-state index contributed by atoms with van der Waals surface area (Å²) in [5, 5.41) is 17.2. The lowest BCUT2D eigenvalue weighted by Gasteiger charge is -2.10. The van der Waals surface area contributed by atoms with Crippen LogP contribution in [-0.4, -0.2) is 46.0 Å². The minimum atomic E-state index is -1.12. The molecular formula is C16H19NO5. The van der Waals surface area contributed by atoms with E-state index in [0.717, 1.165) is 32.0 Å². The molecule has 0 aromatic heterocycles. The van der Waals surface area contributed by atoms with E-state index in [-0.39, 0.29) is 17.0 Å². The number of rotatable bonds is 4. The predicted octanol–water partition coefficient (Wildman–Crippen LogP) is 2.19. The van der Waals surface area contributed by atoms with Crippen molar-refractivity contribution in [1.29, 1.82) is 0 Å². The number of likely N-dealkylation sites (tertiary alicyclic amines) is 1. The topological polar surface area (TPSA) is 94.9 Å². The van der Waals surface area contributed by atoms with Gasteiger partial charge in [-0.05, 0) is 37.1 Å². The first-order valence-corrected chi connectivity index (χ1v) is 6.82. The van der Waals surface area contributed by atoms with Crippen molar-refractivity contribution in [2.24, 2.45) is 0 Å². The quantitative estimate of drug-likeness (QED) is 0.831. The van der Waals surface area contributed by atoms with Gasteiger partial charge in [0.25, 0.3) is 0 Å². The summed E-state index contributed by atoms with van der Waals surface area (Å²) < 4.78 is 0. The zero-order valence-electron chi connectivity index (χ0n) is 12.4. The van der Waals surface area contributed by atoms with Gasteiger partial charge in [-0.2, -0.15) is 0 Å².